The van der Waals surface area contributed by atoms with E-state index in [1.165, 1.54) is 0 Å². The molecule has 0 amide bonds. The van der Waals surface area contributed by atoms with Gasteiger partial charge in [-0.05, 0) is 36.0 Å². The van der Waals surface area contributed by atoms with Gasteiger partial charge in [0.1, 0.15) is 0 Å². The first-order valence-electron chi connectivity index (χ1n) is 9.97. The van der Waals surface area contributed by atoms with Gasteiger partial charge in [0.15, 0.2) is 10.9 Å². The predicted octanol–water partition coefficient (Wildman–Crippen LogP) is 5.41. The van der Waals surface area contributed by atoms with E-state index >= 15 is 0 Å². The van der Waals surface area contributed by atoms with Crippen molar-refractivity contribution in [1.29, 1.82) is 0 Å². The zero-order valence-electron chi connectivity index (χ0n) is 16.8. The Bertz CT molecular complexity index is 1040. The number of piperazine rings is 1. The van der Waals surface area contributed by atoms with Gasteiger partial charge in [-0.15, -0.1) is 0 Å². The summed E-state index contributed by atoms with van der Waals surface area (Å²) >= 11 is 24.4. The second-order valence-electron chi connectivity index (χ2n) is 7.38. The fourth-order valence-corrected chi connectivity index (χ4v) is 4.53. The molecule has 2 heterocycles. The van der Waals surface area contributed by atoms with Gasteiger partial charge in [0.2, 0.25) is 0 Å². The molecule has 0 aliphatic carbocycles. The molecule has 1 aliphatic heterocycles. The van der Waals surface area contributed by atoms with Crippen LogP contribution in [-0.2, 0) is 13.1 Å². The normalized spacial score (nSPS) is 14.6. The van der Waals surface area contributed by atoms with Gasteiger partial charge < -0.3 is 10.2 Å². The van der Waals surface area contributed by atoms with Crippen molar-refractivity contribution in [1.82, 2.24) is 19.6 Å². The molecule has 0 spiro atoms. The van der Waals surface area contributed by atoms with E-state index in [0.717, 1.165) is 48.9 Å². The van der Waals surface area contributed by atoms with E-state index in [1.54, 1.807) is 4.68 Å². The lowest BCUT2D eigenvalue weighted by Gasteiger charge is -2.36. The highest BCUT2D eigenvalue weighted by Crippen LogP contribution is 2.25. The Morgan fingerprint density at radius 1 is 0.871 bits per heavy atom. The first-order valence-corrected chi connectivity index (χ1v) is 11.5. The van der Waals surface area contributed by atoms with Gasteiger partial charge in [-0.3, -0.25) is 9.58 Å². The number of hydrogen-bond acceptors (Lipinski definition) is 3. The fourth-order valence-electron chi connectivity index (χ4n) is 3.53. The van der Waals surface area contributed by atoms with Gasteiger partial charge in [0, 0.05) is 65.6 Å². The standard InChI is InChI=1S/C22H22Cl3N5S/c23-18-5-2-1-4-16(18)14-28-10-12-29(13-11-28)22(31)26-21-8-9-30(27-21)15-17-19(24)6-3-7-20(17)25/h1-9H,10-15H2,(H,26,27,31). The molecule has 0 saturated carbocycles. The van der Waals surface area contributed by atoms with E-state index < -0.39 is 0 Å². The lowest BCUT2D eigenvalue weighted by atomic mass is 10.2. The highest BCUT2D eigenvalue weighted by molar-refractivity contribution is 7.80. The fraction of sp³-hybridized carbons (Fsp3) is 0.273. The maximum absolute atomic E-state index is 6.29. The van der Waals surface area contributed by atoms with E-state index in [0.29, 0.717) is 27.5 Å². The molecule has 0 unspecified atom stereocenters. The van der Waals surface area contributed by atoms with Crippen LogP contribution in [0.2, 0.25) is 15.1 Å². The number of rotatable bonds is 5. The van der Waals surface area contributed by atoms with Crippen LogP contribution in [-0.4, -0.2) is 50.9 Å². The first-order chi connectivity index (χ1) is 15.0. The second kappa shape index (κ2) is 10.2. The Labute approximate surface area is 202 Å². The van der Waals surface area contributed by atoms with Crippen LogP contribution < -0.4 is 5.32 Å². The van der Waals surface area contributed by atoms with Crippen molar-refractivity contribution in [3.63, 3.8) is 0 Å². The highest BCUT2D eigenvalue weighted by atomic mass is 35.5. The molecule has 1 aromatic heterocycles. The maximum atomic E-state index is 6.29. The number of nitrogens with one attached hydrogen (secondary N) is 1. The van der Waals surface area contributed by atoms with Crippen molar-refractivity contribution in [2.24, 2.45) is 0 Å². The number of anilines is 1. The Morgan fingerprint density at radius 2 is 1.55 bits per heavy atom. The number of hydrogen-bond donors (Lipinski definition) is 1. The quantitative estimate of drug-likeness (QED) is 0.480. The lowest BCUT2D eigenvalue weighted by molar-refractivity contribution is 0.177. The zero-order valence-corrected chi connectivity index (χ0v) is 19.9. The van der Waals surface area contributed by atoms with Crippen LogP contribution in [0.5, 0.6) is 0 Å². The van der Waals surface area contributed by atoms with Crippen LogP contribution in [0.1, 0.15) is 11.1 Å². The van der Waals surface area contributed by atoms with Crippen molar-refractivity contribution in [3.05, 3.63) is 80.9 Å². The third kappa shape index (κ3) is 5.70. The van der Waals surface area contributed by atoms with Crippen LogP contribution in [0.15, 0.2) is 54.7 Å². The number of benzene rings is 2. The van der Waals surface area contributed by atoms with Gasteiger partial charge >= 0.3 is 0 Å². The van der Waals surface area contributed by atoms with Gasteiger partial charge in [0.25, 0.3) is 0 Å². The summed E-state index contributed by atoms with van der Waals surface area (Å²) in [5, 5.41) is 10.5. The minimum Gasteiger partial charge on any atom is -0.346 e. The Morgan fingerprint density at radius 3 is 2.26 bits per heavy atom. The van der Waals surface area contributed by atoms with Crippen LogP contribution in [0.3, 0.4) is 0 Å². The van der Waals surface area contributed by atoms with Crippen LogP contribution in [0, 0.1) is 0 Å². The summed E-state index contributed by atoms with van der Waals surface area (Å²) in [7, 11) is 0. The van der Waals surface area contributed by atoms with Crippen LogP contribution in [0.25, 0.3) is 0 Å². The van der Waals surface area contributed by atoms with E-state index in [9.17, 15) is 0 Å². The van der Waals surface area contributed by atoms with Crippen molar-refractivity contribution in [2.75, 3.05) is 31.5 Å². The highest BCUT2D eigenvalue weighted by Gasteiger charge is 2.20. The van der Waals surface area contributed by atoms with Gasteiger partial charge in [0.05, 0.1) is 6.54 Å². The number of thiocarbonyl (C=S) groups is 1. The van der Waals surface area contributed by atoms with E-state index in [2.05, 4.69) is 26.3 Å². The summed E-state index contributed by atoms with van der Waals surface area (Å²) in [4.78, 5) is 4.56. The van der Waals surface area contributed by atoms with Crippen LogP contribution >= 0.6 is 47.0 Å². The average molecular weight is 495 g/mol. The number of aromatic nitrogens is 2. The van der Waals surface area contributed by atoms with Gasteiger partial charge in [-0.1, -0.05) is 59.1 Å². The molecule has 4 rings (SSSR count). The third-order valence-electron chi connectivity index (χ3n) is 5.27. The summed E-state index contributed by atoms with van der Waals surface area (Å²) in [5.41, 5.74) is 2.00. The summed E-state index contributed by atoms with van der Waals surface area (Å²) < 4.78 is 1.79. The van der Waals surface area contributed by atoms with Crippen LogP contribution in [0.4, 0.5) is 5.82 Å². The molecule has 1 N–H and O–H groups in total. The molecule has 9 heteroatoms. The van der Waals surface area contributed by atoms with Crippen molar-refractivity contribution in [3.8, 4) is 0 Å². The molecule has 31 heavy (non-hydrogen) atoms. The van der Waals surface area contributed by atoms with Crippen molar-refractivity contribution >= 4 is 58.0 Å². The van der Waals surface area contributed by atoms with Gasteiger partial charge in [-0.25, -0.2) is 0 Å². The van der Waals surface area contributed by atoms with Gasteiger partial charge in [-0.2, -0.15) is 5.10 Å². The molecule has 162 valence electrons. The molecule has 5 nitrogen and oxygen atoms in total. The monoisotopic (exact) mass is 493 g/mol. The molecular formula is C22H22Cl3N5S. The Balaban J connectivity index is 1.29. The van der Waals surface area contributed by atoms with E-state index in [-0.39, 0.29) is 0 Å². The molecule has 0 radical (unpaired) electrons. The topological polar surface area (TPSA) is 36.3 Å². The minimum atomic E-state index is 0.494. The second-order valence-corrected chi connectivity index (χ2v) is 8.99. The molecule has 1 aliphatic rings. The summed E-state index contributed by atoms with van der Waals surface area (Å²) in [6.45, 7) is 4.90. The molecular weight excluding hydrogens is 473 g/mol. The molecule has 1 saturated heterocycles. The smallest absolute Gasteiger partial charge is 0.174 e. The lowest BCUT2D eigenvalue weighted by Crippen LogP contribution is -2.49. The summed E-state index contributed by atoms with van der Waals surface area (Å²) in [6, 6.07) is 15.4. The number of halogens is 3. The SMILES string of the molecule is S=C(Nc1ccn(Cc2c(Cl)cccc2Cl)n1)N1CCN(Cc2ccccc2Cl)CC1. The largest absolute Gasteiger partial charge is 0.346 e. The van der Waals surface area contributed by atoms with Crippen molar-refractivity contribution in [2.45, 2.75) is 13.1 Å². The zero-order chi connectivity index (χ0) is 21.8. The van der Waals surface area contributed by atoms with E-state index in [1.807, 2.05) is 48.7 Å². The first kappa shape index (κ1) is 22.4. The minimum absolute atomic E-state index is 0.494. The molecule has 2 aromatic carbocycles. The average Bonchev–Trinajstić information content (AvgIpc) is 3.20. The Hall–Kier alpha value is -1.83. The van der Waals surface area contributed by atoms with Crippen molar-refractivity contribution < 1.29 is 0 Å². The maximum Gasteiger partial charge on any atom is 0.174 e. The predicted molar refractivity (Wildman–Crippen MR) is 132 cm³/mol. The Kier molecular flexibility index (Phi) is 7.35. The molecule has 0 atom stereocenters. The number of nitrogens with zero attached hydrogens (tertiary/aromatic N) is 4. The molecule has 3 aromatic rings. The summed E-state index contributed by atoms with van der Waals surface area (Å²) in [5.74, 6) is 0.701. The summed E-state index contributed by atoms with van der Waals surface area (Å²) in [6.07, 6.45) is 1.88. The molecule has 1 fully saturated rings. The molecule has 0 bridgehead atoms. The third-order valence-corrected chi connectivity index (χ3v) is 6.71. The van der Waals surface area contributed by atoms with E-state index in [4.69, 9.17) is 47.0 Å².